The fourth-order valence-electron chi connectivity index (χ4n) is 1.57. The Bertz CT molecular complexity index is 808. The Morgan fingerprint density at radius 3 is 1.95 bits per heavy atom. The normalized spacial score (nSPS) is 11.3. The summed E-state index contributed by atoms with van der Waals surface area (Å²) in [5.74, 6) is -0.327. The SMILES string of the molecule is O=C(Oc1ccc(S(=O)(=O)O)cc1)c1c(I)cc(I)cc1I. The summed E-state index contributed by atoms with van der Waals surface area (Å²) >= 11 is 6.29. The zero-order valence-corrected chi connectivity index (χ0v) is 17.9. The molecule has 0 aliphatic rings. The van der Waals surface area contributed by atoms with Crippen molar-refractivity contribution in [3.05, 3.63) is 52.7 Å². The van der Waals surface area contributed by atoms with Gasteiger partial charge < -0.3 is 4.74 Å². The van der Waals surface area contributed by atoms with Crippen molar-refractivity contribution in [3.8, 4) is 5.75 Å². The molecule has 0 amide bonds. The molecular formula is C13H7I3O5S. The molecule has 1 N–H and O–H groups in total. The van der Waals surface area contributed by atoms with Gasteiger partial charge in [0.05, 0.1) is 10.5 Å². The van der Waals surface area contributed by atoms with E-state index in [4.69, 9.17) is 9.29 Å². The number of carbonyl (C=O) groups is 1. The van der Waals surface area contributed by atoms with Crippen molar-refractivity contribution < 1.29 is 22.5 Å². The smallest absolute Gasteiger partial charge is 0.345 e. The average molecular weight is 656 g/mol. The zero-order valence-electron chi connectivity index (χ0n) is 10.6. The molecule has 0 radical (unpaired) electrons. The lowest BCUT2D eigenvalue weighted by Gasteiger charge is -2.09. The third-order valence-corrected chi connectivity index (χ3v) is 5.74. The quantitative estimate of drug-likeness (QED) is 0.235. The van der Waals surface area contributed by atoms with Crippen LogP contribution in [0.25, 0.3) is 0 Å². The molecule has 0 spiro atoms. The maximum absolute atomic E-state index is 12.2. The van der Waals surface area contributed by atoms with Crippen LogP contribution < -0.4 is 4.74 Å². The van der Waals surface area contributed by atoms with Gasteiger partial charge in [-0.05, 0) is 104 Å². The molecule has 116 valence electrons. The summed E-state index contributed by atoms with van der Waals surface area (Å²) in [6.07, 6.45) is 0. The second-order valence-corrected chi connectivity index (χ2v) is 9.07. The van der Waals surface area contributed by atoms with Crippen molar-refractivity contribution in [1.82, 2.24) is 0 Å². The minimum Gasteiger partial charge on any atom is -0.423 e. The fourth-order valence-corrected chi connectivity index (χ4v) is 6.08. The van der Waals surface area contributed by atoms with E-state index in [1.165, 1.54) is 24.3 Å². The van der Waals surface area contributed by atoms with Gasteiger partial charge in [-0.1, -0.05) is 0 Å². The number of benzene rings is 2. The first-order chi connectivity index (χ1) is 10.2. The molecule has 0 atom stereocenters. The summed E-state index contributed by atoms with van der Waals surface area (Å²) < 4.78 is 38.6. The molecule has 0 aliphatic heterocycles. The highest BCUT2D eigenvalue weighted by molar-refractivity contribution is 14.1. The third kappa shape index (κ3) is 4.52. The summed E-state index contributed by atoms with van der Waals surface area (Å²) in [5.41, 5.74) is 0.459. The standard InChI is InChI=1S/C13H7I3O5S/c14-7-5-10(15)12(11(16)6-7)13(17)21-8-1-3-9(4-2-8)22(18,19)20/h1-6H,(H,18,19,20). The molecule has 0 saturated heterocycles. The van der Waals surface area contributed by atoms with Gasteiger partial charge in [0.25, 0.3) is 10.1 Å². The first kappa shape index (κ1) is 18.4. The predicted octanol–water partition coefficient (Wildman–Crippen LogP) is 3.97. The van der Waals surface area contributed by atoms with Crippen molar-refractivity contribution in [3.63, 3.8) is 0 Å². The first-order valence-corrected chi connectivity index (χ1v) is 10.3. The van der Waals surface area contributed by atoms with Crippen LogP contribution in [-0.2, 0) is 10.1 Å². The molecule has 2 rings (SSSR count). The molecule has 5 nitrogen and oxygen atoms in total. The summed E-state index contributed by atoms with van der Waals surface area (Å²) in [6.45, 7) is 0. The maximum Gasteiger partial charge on any atom is 0.345 e. The minimum atomic E-state index is -4.26. The molecule has 0 heterocycles. The van der Waals surface area contributed by atoms with Crippen LogP contribution >= 0.6 is 67.8 Å². The first-order valence-electron chi connectivity index (χ1n) is 5.63. The van der Waals surface area contributed by atoms with Crippen LogP contribution in [-0.4, -0.2) is 18.9 Å². The minimum absolute atomic E-state index is 0.197. The van der Waals surface area contributed by atoms with Gasteiger partial charge in [0, 0.05) is 10.7 Å². The number of hydrogen-bond acceptors (Lipinski definition) is 4. The zero-order chi connectivity index (χ0) is 16.5. The van der Waals surface area contributed by atoms with Crippen LogP contribution in [0.1, 0.15) is 10.4 Å². The van der Waals surface area contributed by atoms with Gasteiger partial charge in [-0.2, -0.15) is 8.42 Å². The van der Waals surface area contributed by atoms with E-state index >= 15 is 0 Å². The Morgan fingerprint density at radius 1 is 1.00 bits per heavy atom. The molecule has 0 aliphatic carbocycles. The summed E-state index contributed by atoms with van der Waals surface area (Å²) in [6, 6.07) is 8.69. The maximum atomic E-state index is 12.2. The number of carbonyl (C=O) groups excluding carboxylic acids is 1. The van der Waals surface area contributed by atoms with Crippen LogP contribution in [0, 0.1) is 10.7 Å². The Labute approximate surface area is 168 Å². The molecule has 0 saturated carbocycles. The van der Waals surface area contributed by atoms with Gasteiger partial charge in [-0.15, -0.1) is 0 Å². The number of rotatable bonds is 3. The van der Waals surface area contributed by atoms with E-state index in [0.29, 0.717) is 5.56 Å². The van der Waals surface area contributed by atoms with E-state index in [1.807, 2.05) is 12.1 Å². The second kappa shape index (κ2) is 7.27. The Hall–Kier alpha value is 0.0100. The Morgan fingerprint density at radius 2 is 1.50 bits per heavy atom. The molecular weight excluding hydrogens is 649 g/mol. The van der Waals surface area contributed by atoms with Crippen molar-refractivity contribution in [2.45, 2.75) is 4.90 Å². The highest BCUT2D eigenvalue weighted by Crippen LogP contribution is 2.25. The van der Waals surface area contributed by atoms with Crippen LogP contribution in [0.15, 0.2) is 41.3 Å². The predicted molar refractivity (Wildman–Crippen MR) is 106 cm³/mol. The van der Waals surface area contributed by atoms with Crippen LogP contribution in [0.2, 0.25) is 0 Å². The second-order valence-electron chi connectivity index (χ2n) is 4.08. The van der Waals surface area contributed by atoms with E-state index in [2.05, 4.69) is 67.8 Å². The van der Waals surface area contributed by atoms with E-state index < -0.39 is 16.1 Å². The van der Waals surface area contributed by atoms with Gasteiger partial charge in [-0.25, -0.2) is 4.79 Å². The fraction of sp³-hybridized carbons (Fsp3) is 0. The van der Waals surface area contributed by atoms with Gasteiger partial charge in [0.2, 0.25) is 0 Å². The van der Waals surface area contributed by atoms with E-state index in [9.17, 15) is 13.2 Å². The number of ether oxygens (including phenoxy) is 1. The van der Waals surface area contributed by atoms with E-state index in [1.54, 1.807) is 0 Å². The molecule has 0 fully saturated rings. The van der Waals surface area contributed by atoms with Gasteiger partial charge in [0.1, 0.15) is 5.75 Å². The molecule has 2 aromatic carbocycles. The van der Waals surface area contributed by atoms with Crippen molar-refractivity contribution in [2.24, 2.45) is 0 Å². The largest absolute Gasteiger partial charge is 0.423 e. The number of hydrogen-bond donors (Lipinski definition) is 1. The van der Waals surface area contributed by atoms with Crippen molar-refractivity contribution in [1.29, 1.82) is 0 Å². The monoisotopic (exact) mass is 656 g/mol. The lowest BCUT2D eigenvalue weighted by molar-refractivity contribution is 0.0732. The Balaban J connectivity index is 2.26. The number of halogens is 3. The van der Waals surface area contributed by atoms with Crippen LogP contribution in [0.5, 0.6) is 5.75 Å². The van der Waals surface area contributed by atoms with Crippen LogP contribution in [0.3, 0.4) is 0 Å². The molecule has 0 aromatic heterocycles. The van der Waals surface area contributed by atoms with E-state index in [0.717, 1.165) is 10.7 Å². The molecule has 22 heavy (non-hydrogen) atoms. The highest BCUT2D eigenvalue weighted by atomic mass is 127. The summed E-state index contributed by atoms with van der Waals surface area (Å²) in [4.78, 5) is 12.0. The van der Waals surface area contributed by atoms with Gasteiger partial charge in [0.15, 0.2) is 0 Å². The van der Waals surface area contributed by atoms with Gasteiger partial charge in [-0.3, -0.25) is 4.55 Å². The average Bonchev–Trinajstić information content (AvgIpc) is 2.36. The molecule has 9 heteroatoms. The van der Waals surface area contributed by atoms with E-state index in [-0.39, 0.29) is 10.6 Å². The van der Waals surface area contributed by atoms with Crippen molar-refractivity contribution in [2.75, 3.05) is 0 Å². The molecule has 0 bridgehead atoms. The highest BCUT2D eigenvalue weighted by Gasteiger charge is 2.18. The molecule has 2 aromatic rings. The topological polar surface area (TPSA) is 80.7 Å². The van der Waals surface area contributed by atoms with Crippen molar-refractivity contribution >= 4 is 83.9 Å². The lowest BCUT2D eigenvalue weighted by Crippen LogP contribution is -2.12. The number of esters is 1. The summed E-state index contributed by atoms with van der Waals surface area (Å²) in [7, 11) is -4.26. The Kier molecular flexibility index (Phi) is 6.07. The molecule has 0 unspecified atom stereocenters. The summed E-state index contributed by atoms with van der Waals surface area (Å²) in [5, 5.41) is 0. The lowest BCUT2D eigenvalue weighted by atomic mass is 10.2. The van der Waals surface area contributed by atoms with Gasteiger partial charge >= 0.3 is 5.97 Å². The third-order valence-electron chi connectivity index (χ3n) is 2.54. The van der Waals surface area contributed by atoms with Crippen LogP contribution in [0.4, 0.5) is 0 Å².